The van der Waals surface area contributed by atoms with Gasteiger partial charge < -0.3 is 0 Å². The van der Waals surface area contributed by atoms with Crippen LogP contribution in [-0.4, -0.2) is 9.97 Å². The van der Waals surface area contributed by atoms with E-state index in [0.717, 1.165) is 11.1 Å². The highest BCUT2D eigenvalue weighted by Gasteiger charge is 1.99. The average Bonchev–Trinajstić information content (AvgIpc) is 2.17. The third-order valence-electron chi connectivity index (χ3n) is 2.03. The van der Waals surface area contributed by atoms with Crippen LogP contribution in [0.4, 0.5) is 11.6 Å². The first-order chi connectivity index (χ1) is 7.24. The summed E-state index contributed by atoms with van der Waals surface area (Å²) in [6.07, 6.45) is 3.51. The van der Waals surface area contributed by atoms with Gasteiger partial charge in [0.05, 0.1) is 0 Å². The van der Waals surface area contributed by atoms with E-state index < -0.39 is 0 Å². The topological polar surface area (TPSA) is 39.9 Å². The van der Waals surface area contributed by atoms with Gasteiger partial charge in [0.25, 0.3) is 0 Å². The molecule has 0 amide bonds. The Balaban J connectivity index is 2.22. The number of nitrogens with zero attached hydrogens (tertiary/aromatic N) is 3. The van der Waals surface area contributed by atoms with E-state index in [9.17, 15) is 0 Å². The van der Waals surface area contributed by atoms with E-state index in [1.54, 1.807) is 12.4 Å². The highest BCUT2D eigenvalue weighted by molar-refractivity contribution is 5.41. The summed E-state index contributed by atoms with van der Waals surface area (Å²) >= 11 is 0. The molecule has 0 bridgehead atoms. The van der Waals surface area contributed by atoms with Crippen LogP contribution in [0.1, 0.15) is 11.1 Å². The van der Waals surface area contributed by atoms with E-state index in [-0.39, 0.29) is 0 Å². The number of pyridine rings is 2. The molecule has 0 aliphatic heterocycles. The van der Waals surface area contributed by atoms with E-state index >= 15 is 0 Å². The third-order valence-corrected chi connectivity index (χ3v) is 2.03. The lowest BCUT2D eigenvalue weighted by Gasteiger charge is -2.02. The number of hydrogen-bond donors (Lipinski definition) is 0. The van der Waals surface area contributed by atoms with E-state index in [1.807, 2.05) is 38.1 Å². The molecule has 0 aliphatic rings. The maximum Gasteiger partial charge on any atom is 0.154 e. The second-order valence-corrected chi connectivity index (χ2v) is 3.49. The van der Waals surface area contributed by atoms with Crippen molar-refractivity contribution in [3.05, 3.63) is 47.8 Å². The fourth-order valence-electron chi connectivity index (χ4n) is 1.28. The molecule has 3 nitrogen and oxygen atoms in total. The smallest absolute Gasteiger partial charge is 0.154 e. The Morgan fingerprint density at radius 3 is 1.73 bits per heavy atom. The molecule has 2 heterocycles. The number of hydrogen-bond acceptors (Lipinski definition) is 2. The maximum absolute atomic E-state index is 4.34. The Hall–Kier alpha value is -1.90. The van der Waals surface area contributed by atoms with E-state index in [2.05, 4.69) is 15.3 Å². The number of aryl methyl sites for hydroxylation is 2. The third kappa shape index (κ3) is 2.53. The first-order valence-electron chi connectivity index (χ1n) is 4.81. The van der Waals surface area contributed by atoms with Gasteiger partial charge in [0.15, 0.2) is 11.6 Å². The molecule has 2 rings (SSSR count). The van der Waals surface area contributed by atoms with Gasteiger partial charge in [-0.3, -0.25) is 0 Å². The van der Waals surface area contributed by atoms with Crippen molar-refractivity contribution >= 4 is 11.6 Å². The summed E-state index contributed by atoms with van der Waals surface area (Å²) in [5.41, 5.74) is 2.30. The van der Waals surface area contributed by atoms with Gasteiger partial charge in [-0.2, -0.15) is 0 Å². The Morgan fingerprint density at radius 2 is 1.33 bits per heavy atom. The normalized spacial score (nSPS) is 10.0. The second kappa shape index (κ2) is 4.09. The molecule has 0 saturated carbocycles. The van der Waals surface area contributed by atoms with Gasteiger partial charge in [-0.15, -0.1) is 0 Å². The predicted molar refractivity (Wildman–Crippen MR) is 59.4 cm³/mol. The molecule has 0 atom stereocenters. The fraction of sp³-hybridized carbons (Fsp3) is 0.167. The zero-order valence-electron chi connectivity index (χ0n) is 8.81. The summed E-state index contributed by atoms with van der Waals surface area (Å²) < 4.78 is 0. The Bertz CT molecular complexity index is 422. The van der Waals surface area contributed by atoms with Crippen molar-refractivity contribution in [3.63, 3.8) is 0 Å². The van der Waals surface area contributed by atoms with Gasteiger partial charge in [-0.25, -0.2) is 15.3 Å². The first kappa shape index (κ1) is 9.65. The van der Waals surface area contributed by atoms with Crippen molar-refractivity contribution in [2.75, 3.05) is 0 Å². The summed E-state index contributed by atoms with van der Waals surface area (Å²) in [7, 11) is 0. The molecule has 2 aromatic rings. The van der Waals surface area contributed by atoms with Crippen molar-refractivity contribution in [3.8, 4) is 0 Å². The Labute approximate surface area is 89.2 Å². The molecule has 2 aromatic heterocycles. The molecule has 75 valence electrons. The molecule has 1 radical (unpaired) electrons. The van der Waals surface area contributed by atoms with Crippen LogP contribution in [0.25, 0.3) is 0 Å². The van der Waals surface area contributed by atoms with Crippen LogP contribution >= 0.6 is 0 Å². The van der Waals surface area contributed by atoms with Crippen LogP contribution in [0, 0.1) is 13.8 Å². The van der Waals surface area contributed by atoms with Crippen LogP contribution in [0.5, 0.6) is 0 Å². The van der Waals surface area contributed by atoms with Gasteiger partial charge in [-0.05, 0) is 49.2 Å². The van der Waals surface area contributed by atoms with Crippen molar-refractivity contribution in [2.45, 2.75) is 13.8 Å². The molecule has 3 heteroatoms. The van der Waals surface area contributed by atoms with Gasteiger partial charge >= 0.3 is 0 Å². The molecule has 0 saturated heterocycles. The maximum atomic E-state index is 4.34. The molecule has 0 unspecified atom stereocenters. The van der Waals surface area contributed by atoms with Crippen molar-refractivity contribution in [2.24, 2.45) is 0 Å². The SMILES string of the molecule is Cc1ccnc([N]c2cc(C)ccn2)c1. The van der Waals surface area contributed by atoms with Gasteiger partial charge in [-0.1, -0.05) is 0 Å². The van der Waals surface area contributed by atoms with Crippen LogP contribution in [-0.2, 0) is 0 Å². The summed E-state index contributed by atoms with van der Waals surface area (Å²) in [4.78, 5) is 8.32. The Morgan fingerprint density at radius 1 is 0.867 bits per heavy atom. The highest BCUT2D eigenvalue weighted by Crippen LogP contribution is 2.13. The number of aromatic nitrogens is 2. The predicted octanol–water partition coefficient (Wildman–Crippen LogP) is 2.66. The van der Waals surface area contributed by atoms with Gasteiger partial charge in [0.2, 0.25) is 0 Å². The molecule has 0 fully saturated rings. The first-order valence-corrected chi connectivity index (χ1v) is 4.81. The molecular formula is C12H12N3. The summed E-state index contributed by atoms with van der Waals surface area (Å²) in [5.74, 6) is 1.40. The van der Waals surface area contributed by atoms with Gasteiger partial charge in [0, 0.05) is 12.4 Å². The quantitative estimate of drug-likeness (QED) is 0.744. The second-order valence-electron chi connectivity index (χ2n) is 3.49. The standard InChI is InChI=1S/C12H12N3/c1-9-3-5-13-11(7-9)15-12-8-10(2)4-6-14-12/h3-8H,1-2H3. The van der Waals surface area contributed by atoms with Crippen molar-refractivity contribution in [1.82, 2.24) is 15.3 Å². The summed E-state index contributed by atoms with van der Waals surface area (Å²) in [6.45, 7) is 4.04. The minimum atomic E-state index is 0.702. The molecule has 0 aromatic carbocycles. The number of rotatable bonds is 2. The minimum absolute atomic E-state index is 0.702. The summed E-state index contributed by atoms with van der Waals surface area (Å²) in [6, 6.07) is 7.76. The lowest BCUT2D eigenvalue weighted by molar-refractivity contribution is 1.03. The van der Waals surface area contributed by atoms with Crippen LogP contribution in [0.3, 0.4) is 0 Å². The summed E-state index contributed by atoms with van der Waals surface area (Å²) in [5, 5.41) is 4.34. The molecular weight excluding hydrogens is 186 g/mol. The molecule has 0 aliphatic carbocycles. The van der Waals surface area contributed by atoms with Crippen LogP contribution in [0.15, 0.2) is 36.7 Å². The lowest BCUT2D eigenvalue weighted by Crippen LogP contribution is -1.94. The average molecular weight is 198 g/mol. The largest absolute Gasteiger partial charge is 0.237 e. The zero-order valence-corrected chi connectivity index (χ0v) is 8.81. The van der Waals surface area contributed by atoms with Crippen molar-refractivity contribution < 1.29 is 0 Å². The van der Waals surface area contributed by atoms with Crippen molar-refractivity contribution in [1.29, 1.82) is 0 Å². The molecule has 15 heavy (non-hydrogen) atoms. The monoisotopic (exact) mass is 198 g/mol. The van der Waals surface area contributed by atoms with Gasteiger partial charge in [0.1, 0.15) is 0 Å². The van der Waals surface area contributed by atoms with Crippen LogP contribution in [0.2, 0.25) is 0 Å². The Kier molecular flexibility index (Phi) is 2.63. The molecule has 0 spiro atoms. The highest BCUT2D eigenvalue weighted by atomic mass is 15.0. The lowest BCUT2D eigenvalue weighted by atomic mass is 10.3. The minimum Gasteiger partial charge on any atom is -0.237 e. The fourth-order valence-corrected chi connectivity index (χ4v) is 1.28. The van der Waals surface area contributed by atoms with E-state index in [1.165, 1.54) is 0 Å². The van der Waals surface area contributed by atoms with E-state index in [0.29, 0.717) is 11.6 Å². The van der Waals surface area contributed by atoms with E-state index in [4.69, 9.17) is 0 Å². The zero-order chi connectivity index (χ0) is 10.7. The molecule has 0 N–H and O–H groups in total. The van der Waals surface area contributed by atoms with Crippen LogP contribution < -0.4 is 5.32 Å².